The van der Waals surface area contributed by atoms with Gasteiger partial charge in [-0.05, 0) is 92.8 Å². The molecule has 7 heteroatoms. The predicted molar refractivity (Wildman–Crippen MR) is 152 cm³/mol. The minimum absolute atomic E-state index is 0.00940. The maximum atomic E-state index is 13.6. The minimum atomic E-state index is -0.882. The van der Waals surface area contributed by atoms with Gasteiger partial charge in [0.2, 0.25) is 0 Å². The number of aliphatic hydroxyl groups excluding tert-OH is 1. The van der Waals surface area contributed by atoms with E-state index in [1.807, 2.05) is 52.8 Å². The zero-order chi connectivity index (χ0) is 28.3. The number of amides is 1. The highest BCUT2D eigenvalue weighted by molar-refractivity contribution is 6.51. The lowest BCUT2D eigenvalue weighted by Crippen LogP contribution is -2.30. The van der Waals surface area contributed by atoms with Gasteiger partial charge in [-0.2, -0.15) is 0 Å². The van der Waals surface area contributed by atoms with Crippen molar-refractivity contribution in [1.82, 2.24) is 0 Å². The summed E-state index contributed by atoms with van der Waals surface area (Å²) in [6.45, 7) is 10.6. The second-order valence-electron chi connectivity index (χ2n) is 9.56. The summed E-state index contributed by atoms with van der Waals surface area (Å²) in [6, 6.07) is 15.3. The van der Waals surface area contributed by atoms with E-state index in [4.69, 9.17) is 14.2 Å². The highest BCUT2D eigenvalue weighted by Gasteiger charge is 2.47. The molecule has 0 spiro atoms. The molecule has 1 aliphatic heterocycles. The molecule has 0 aliphatic carbocycles. The van der Waals surface area contributed by atoms with Crippen LogP contribution in [0.2, 0.25) is 0 Å². The number of methoxy groups -OCH3 is 1. The second kappa shape index (κ2) is 11.6. The van der Waals surface area contributed by atoms with Crippen molar-refractivity contribution in [3.05, 3.63) is 88.0 Å². The number of hydrogen-bond acceptors (Lipinski definition) is 6. The van der Waals surface area contributed by atoms with E-state index in [2.05, 4.69) is 0 Å². The van der Waals surface area contributed by atoms with Crippen LogP contribution >= 0.6 is 0 Å². The van der Waals surface area contributed by atoms with Gasteiger partial charge < -0.3 is 19.3 Å². The number of aryl methyl sites for hydroxylation is 2. The third kappa shape index (κ3) is 5.21. The molecular weight excluding hydrogens is 494 g/mol. The number of ether oxygens (including phenoxy) is 3. The Kier molecular flexibility index (Phi) is 8.29. The Hall–Kier alpha value is -4.26. The number of rotatable bonds is 9. The lowest BCUT2D eigenvalue weighted by atomic mass is 9.94. The lowest BCUT2D eigenvalue weighted by molar-refractivity contribution is -0.132. The van der Waals surface area contributed by atoms with E-state index in [1.165, 1.54) is 4.90 Å². The summed E-state index contributed by atoms with van der Waals surface area (Å²) < 4.78 is 17.0. The molecule has 1 atom stereocenters. The molecule has 204 valence electrons. The second-order valence-corrected chi connectivity index (χ2v) is 9.56. The standard InChI is InChI=1S/C32H35NO6/c1-7-16-39-25-14-13-23(17-20(25)4)30(34)28-29(22-12-15-26(37-6)27(18-22)38-8-2)33(32(36)31(28)35)24-11-9-10-19(3)21(24)5/h9-15,17-18,29,34H,7-8,16H2,1-6H3/b30-28+. The van der Waals surface area contributed by atoms with Crippen LogP contribution in [0.15, 0.2) is 60.2 Å². The van der Waals surface area contributed by atoms with Gasteiger partial charge in [0.25, 0.3) is 11.7 Å². The Labute approximate surface area is 229 Å². The normalized spacial score (nSPS) is 16.5. The summed E-state index contributed by atoms with van der Waals surface area (Å²) in [7, 11) is 1.55. The van der Waals surface area contributed by atoms with Gasteiger partial charge in [-0.3, -0.25) is 14.5 Å². The van der Waals surface area contributed by atoms with Crippen LogP contribution in [0.1, 0.15) is 54.1 Å². The summed E-state index contributed by atoms with van der Waals surface area (Å²) in [4.78, 5) is 28.7. The number of hydrogen-bond donors (Lipinski definition) is 1. The van der Waals surface area contributed by atoms with Gasteiger partial charge in [0, 0.05) is 11.3 Å². The van der Waals surface area contributed by atoms with Crippen LogP contribution in [0.5, 0.6) is 17.2 Å². The first kappa shape index (κ1) is 27.8. The van der Waals surface area contributed by atoms with Crippen molar-refractivity contribution in [2.45, 2.75) is 47.1 Å². The Morgan fingerprint density at radius 1 is 0.897 bits per heavy atom. The smallest absolute Gasteiger partial charge is 0.300 e. The molecule has 3 aromatic rings. The van der Waals surface area contributed by atoms with E-state index in [-0.39, 0.29) is 11.3 Å². The van der Waals surface area contributed by atoms with Crippen molar-refractivity contribution in [3.8, 4) is 17.2 Å². The van der Waals surface area contributed by atoms with Gasteiger partial charge in [-0.1, -0.05) is 25.1 Å². The van der Waals surface area contributed by atoms with E-state index in [1.54, 1.807) is 43.5 Å². The Bertz CT molecular complexity index is 1440. The fourth-order valence-electron chi connectivity index (χ4n) is 4.85. The lowest BCUT2D eigenvalue weighted by Gasteiger charge is -2.28. The molecule has 0 bridgehead atoms. The van der Waals surface area contributed by atoms with Gasteiger partial charge in [0.05, 0.1) is 31.9 Å². The van der Waals surface area contributed by atoms with Gasteiger partial charge in [0.15, 0.2) is 11.5 Å². The topological polar surface area (TPSA) is 85.3 Å². The molecule has 4 rings (SSSR count). The molecule has 1 fully saturated rings. The van der Waals surface area contributed by atoms with E-state index >= 15 is 0 Å². The average Bonchev–Trinajstić information content (AvgIpc) is 3.19. The van der Waals surface area contributed by atoms with Gasteiger partial charge in [0.1, 0.15) is 11.5 Å². The zero-order valence-electron chi connectivity index (χ0n) is 23.3. The zero-order valence-corrected chi connectivity index (χ0v) is 23.3. The number of anilines is 1. The maximum absolute atomic E-state index is 13.6. The molecule has 0 aromatic heterocycles. The molecule has 0 radical (unpaired) electrons. The molecule has 1 amide bonds. The Morgan fingerprint density at radius 2 is 1.64 bits per heavy atom. The Morgan fingerprint density at radius 3 is 2.31 bits per heavy atom. The molecule has 1 aliphatic rings. The van der Waals surface area contributed by atoms with E-state index in [0.29, 0.717) is 47.3 Å². The fraction of sp³-hybridized carbons (Fsp3) is 0.312. The maximum Gasteiger partial charge on any atom is 0.300 e. The van der Waals surface area contributed by atoms with Crippen LogP contribution in [0.3, 0.4) is 0 Å². The van der Waals surface area contributed by atoms with E-state index in [9.17, 15) is 14.7 Å². The van der Waals surface area contributed by atoms with Gasteiger partial charge in [-0.25, -0.2) is 0 Å². The van der Waals surface area contributed by atoms with Crippen molar-refractivity contribution in [2.75, 3.05) is 25.2 Å². The molecule has 39 heavy (non-hydrogen) atoms. The molecule has 1 saturated heterocycles. The van der Waals surface area contributed by atoms with Gasteiger partial charge in [-0.15, -0.1) is 0 Å². The fourth-order valence-corrected chi connectivity index (χ4v) is 4.85. The first-order chi connectivity index (χ1) is 18.7. The summed E-state index contributed by atoms with van der Waals surface area (Å²) in [5.41, 5.74) is 4.33. The van der Waals surface area contributed by atoms with Crippen LogP contribution in [0.4, 0.5) is 5.69 Å². The molecule has 7 nitrogen and oxygen atoms in total. The number of carbonyl (C=O) groups excluding carboxylic acids is 2. The largest absolute Gasteiger partial charge is 0.507 e. The summed E-state index contributed by atoms with van der Waals surface area (Å²) in [6.07, 6.45) is 0.870. The first-order valence-corrected chi connectivity index (χ1v) is 13.1. The van der Waals surface area contributed by atoms with Crippen molar-refractivity contribution in [2.24, 2.45) is 0 Å². The summed E-state index contributed by atoms with van der Waals surface area (Å²) in [5, 5.41) is 11.6. The molecule has 1 heterocycles. The third-order valence-corrected chi connectivity index (χ3v) is 6.99. The SMILES string of the molecule is CCCOc1ccc(/C(O)=C2\C(=O)C(=O)N(c3cccc(C)c3C)C2c2ccc(OC)c(OCC)c2)cc1C. The number of benzene rings is 3. The molecule has 3 aromatic carbocycles. The number of ketones is 1. The van der Waals surface area contributed by atoms with Crippen LogP contribution in [-0.4, -0.2) is 37.1 Å². The average molecular weight is 530 g/mol. The number of carbonyl (C=O) groups is 2. The molecular formula is C32H35NO6. The Balaban J connectivity index is 1.95. The number of aliphatic hydroxyl groups is 1. The van der Waals surface area contributed by atoms with E-state index in [0.717, 1.165) is 23.1 Å². The van der Waals surface area contributed by atoms with Crippen molar-refractivity contribution < 1.29 is 28.9 Å². The van der Waals surface area contributed by atoms with Crippen molar-refractivity contribution in [1.29, 1.82) is 0 Å². The first-order valence-electron chi connectivity index (χ1n) is 13.1. The molecule has 1 unspecified atom stereocenters. The predicted octanol–water partition coefficient (Wildman–Crippen LogP) is 6.43. The highest BCUT2D eigenvalue weighted by Crippen LogP contribution is 2.45. The van der Waals surface area contributed by atoms with E-state index < -0.39 is 17.7 Å². The highest BCUT2D eigenvalue weighted by atomic mass is 16.5. The van der Waals surface area contributed by atoms with Crippen molar-refractivity contribution in [3.63, 3.8) is 0 Å². The number of Topliss-reactive ketones (excluding diaryl/α,β-unsaturated/α-hetero) is 1. The third-order valence-electron chi connectivity index (χ3n) is 6.99. The van der Waals surface area contributed by atoms with Crippen molar-refractivity contribution >= 4 is 23.1 Å². The summed E-state index contributed by atoms with van der Waals surface area (Å²) >= 11 is 0. The minimum Gasteiger partial charge on any atom is -0.507 e. The van der Waals surface area contributed by atoms with Crippen LogP contribution in [-0.2, 0) is 9.59 Å². The van der Waals surface area contributed by atoms with Crippen LogP contribution in [0.25, 0.3) is 5.76 Å². The molecule has 0 saturated carbocycles. The number of nitrogens with zero attached hydrogens (tertiary/aromatic N) is 1. The molecule has 1 N–H and O–H groups in total. The summed E-state index contributed by atoms with van der Waals surface area (Å²) in [5.74, 6) is 0.0158. The quantitative estimate of drug-likeness (QED) is 0.195. The van der Waals surface area contributed by atoms with Crippen LogP contribution < -0.4 is 19.1 Å². The van der Waals surface area contributed by atoms with Gasteiger partial charge >= 0.3 is 0 Å². The van der Waals surface area contributed by atoms with Crippen LogP contribution in [0, 0.1) is 20.8 Å². The monoisotopic (exact) mass is 529 g/mol.